The lowest BCUT2D eigenvalue weighted by Gasteiger charge is -2.08. The lowest BCUT2D eigenvalue weighted by molar-refractivity contribution is 0.0527. The zero-order valence-electron chi connectivity index (χ0n) is 9.92. The highest BCUT2D eigenvalue weighted by Crippen LogP contribution is 2.14. The Morgan fingerprint density at radius 1 is 1.44 bits per heavy atom. The first kappa shape index (κ1) is 12.5. The molecule has 2 aromatic rings. The van der Waals surface area contributed by atoms with Crippen molar-refractivity contribution in [3.8, 4) is 0 Å². The fraction of sp³-hybridized carbons (Fsp3) is 0.250. The summed E-state index contributed by atoms with van der Waals surface area (Å²) < 4.78 is 4.97. The molecular formula is C12H13N3O2S. The van der Waals surface area contributed by atoms with Crippen LogP contribution in [0.25, 0.3) is 0 Å². The maximum absolute atomic E-state index is 11.7. The number of anilines is 1. The first-order chi connectivity index (χ1) is 8.81. The number of carbonyl (C=O) groups excluding carboxylic acids is 1. The number of hydrogen-bond acceptors (Lipinski definition) is 6. The Kier molecular flexibility index (Phi) is 4.25. The Bertz CT molecular complexity index is 514. The van der Waals surface area contributed by atoms with Gasteiger partial charge in [0.05, 0.1) is 13.2 Å². The first-order valence-corrected chi connectivity index (χ1v) is 6.43. The van der Waals surface area contributed by atoms with Gasteiger partial charge in [-0.1, -0.05) is 0 Å². The molecule has 0 spiro atoms. The normalized spacial score (nSPS) is 10.1. The van der Waals surface area contributed by atoms with Crippen LogP contribution in [0.1, 0.15) is 22.3 Å². The molecule has 0 aromatic carbocycles. The van der Waals surface area contributed by atoms with Crippen LogP contribution in [-0.2, 0) is 11.3 Å². The lowest BCUT2D eigenvalue weighted by atomic mass is 10.2. The van der Waals surface area contributed by atoms with E-state index in [1.54, 1.807) is 42.8 Å². The third-order valence-electron chi connectivity index (χ3n) is 2.19. The van der Waals surface area contributed by atoms with E-state index >= 15 is 0 Å². The average molecular weight is 263 g/mol. The second-order valence-electron chi connectivity index (χ2n) is 3.40. The highest BCUT2D eigenvalue weighted by molar-refractivity contribution is 7.09. The predicted molar refractivity (Wildman–Crippen MR) is 69.6 cm³/mol. The van der Waals surface area contributed by atoms with E-state index in [1.165, 1.54) is 0 Å². The number of hydrogen-bond donors (Lipinski definition) is 1. The molecule has 0 radical (unpaired) electrons. The average Bonchev–Trinajstić information content (AvgIpc) is 2.90. The Labute approximate surface area is 109 Å². The molecule has 0 bridgehead atoms. The summed E-state index contributed by atoms with van der Waals surface area (Å²) in [5, 5.41) is 5.94. The van der Waals surface area contributed by atoms with Crippen molar-refractivity contribution in [2.75, 3.05) is 11.9 Å². The van der Waals surface area contributed by atoms with Crippen LogP contribution >= 0.6 is 11.3 Å². The second kappa shape index (κ2) is 6.11. The number of nitrogens with zero attached hydrogens (tertiary/aromatic N) is 2. The van der Waals surface area contributed by atoms with E-state index in [0.717, 1.165) is 5.01 Å². The molecule has 0 unspecified atom stereocenters. The van der Waals surface area contributed by atoms with Crippen molar-refractivity contribution in [2.45, 2.75) is 13.5 Å². The minimum absolute atomic E-state index is 0.347. The van der Waals surface area contributed by atoms with E-state index in [0.29, 0.717) is 24.5 Å². The van der Waals surface area contributed by atoms with E-state index in [4.69, 9.17) is 4.74 Å². The van der Waals surface area contributed by atoms with Gasteiger partial charge in [-0.2, -0.15) is 0 Å². The summed E-state index contributed by atoms with van der Waals surface area (Å²) in [6.45, 7) is 2.66. The van der Waals surface area contributed by atoms with Gasteiger partial charge in [-0.3, -0.25) is 0 Å². The van der Waals surface area contributed by atoms with Gasteiger partial charge in [-0.25, -0.2) is 14.8 Å². The number of rotatable bonds is 5. The Morgan fingerprint density at radius 2 is 2.33 bits per heavy atom. The van der Waals surface area contributed by atoms with Crippen LogP contribution in [0.4, 0.5) is 5.82 Å². The van der Waals surface area contributed by atoms with Gasteiger partial charge >= 0.3 is 5.97 Å². The van der Waals surface area contributed by atoms with Crippen LogP contribution in [0.5, 0.6) is 0 Å². The van der Waals surface area contributed by atoms with Crippen LogP contribution in [0, 0.1) is 0 Å². The summed E-state index contributed by atoms with van der Waals surface area (Å²) in [7, 11) is 0. The van der Waals surface area contributed by atoms with Crippen molar-refractivity contribution in [1.82, 2.24) is 9.97 Å². The molecule has 0 aliphatic rings. The van der Waals surface area contributed by atoms with Gasteiger partial charge in [0.25, 0.3) is 0 Å². The van der Waals surface area contributed by atoms with E-state index in [1.807, 2.05) is 5.38 Å². The van der Waals surface area contributed by atoms with Gasteiger partial charge < -0.3 is 10.1 Å². The fourth-order valence-corrected chi connectivity index (χ4v) is 1.98. The summed E-state index contributed by atoms with van der Waals surface area (Å²) in [5.41, 5.74) is 0.441. The minimum Gasteiger partial charge on any atom is -0.462 e. The number of aromatic nitrogens is 2. The number of pyridine rings is 1. The molecule has 6 heteroatoms. The van der Waals surface area contributed by atoms with E-state index in [2.05, 4.69) is 15.3 Å². The van der Waals surface area contributed by atoms with Gasteiger partial charge in [0.2, 0.25) is 0 Å². The molecule has 0 fully saturated rings. The van der Waals surface area contributed by atoms with E-state index in [9.17, 15) is 4.79 Å². The Morgan fingerprint density at radius 3 is 3.06 bits per heavy atom. The Balaban J connectivity index is 2.09. The topological polar surface area (TPSA) is 64.1 Å². The smallest absolute Gasteiger partial charge is 0.341 e. The maximum Gasteiger partial charge on any atom is 0.341 e. The molecular weight excluding hydrogens is 250 g/mol. The van der Waals surface area contributed by atoms with Crippen LogP contribution in [0.15, 0.2) is 29.9 Å². The summed E-state index contributed by atoms with van der Waals surface area (Å²) in [6, 6.07) is 3.40. The van der Waals surface area contributed by atoms with Crippen LogP contribution in [-0.4, -0.2) is 22.5 Å². The van der Waals surface area contributed by atoms with Gasteiger partial charge in [-0.05, 0) is 19.1 Å². The summed E-state index contributed by atoms with van der Waals surface area (Å²) in [4.78, 5) is 20.0. The van der Waals surface area contributed by atoms with E-state index in [-0.39, 0.29) is 5.97 Å². The molecule has 18 heavy (non-hydrogen) atoms. The van der Waals surface area contributed by atoms with E-state index < -0.39 is 0 Å². The minimum atomic E-state index is -0.368. The summed E-state index contributed by atoms with van der Waals surface area (Å²) >= 11 is 1.55. The summed E-state index contributed by atoms with van der Waals surface area (Å²) in [6.07, 6.45) is 3.37. The van der Waals surface area contributed by atoms with Crippen molar-refractivity contribution >= 4 is 23.1 Å². The van der Waals surface area contributed by atoms with Crippen molar-refractivity contribution in [3.63, 3.8) is 0 Å². The zero-order chi connectivity index (χ0) is 12.8. The van der Waals surface area contributed by atoms with Crippen LogP contribution < -0.4 is 5.32 Å². The van der Waals surface area contributed by atoms with Gasteiger partial charge in [0.1, 0.15) is 16.4 Å². The van der Waals surface area contributed by atoms with Crippen LogP contribution in [0.3, 0.4) is 0 Å². The third kappa shape index (κ3) is 3.04. The van der Waals surface area contributed by atoms with Gasteiger partial charge in [0, 0.05) is 17.8 Å². The molecule has 0 amide bonds. The molecule has 2 aromatic heterocycles. The van der Waals surface area contributed by atoms with Crippen molar-refractivity contribution < 1.29 is 9.53 Å². The molecule has 2 rings (SSSR count). The number of carbonyl (C=O) groups is 1. The number of nitrogens with one attached hydrogen (secondary N) is 1. The van der Waals surface area contributed by atoms with Crippen molar-refractivity contribution in [1.29, 1.82) is 0 Å². The predicted octanol–water partition coefficient (Wildman–Crippen LogP) is 2.33. The molecule has 5 nitrogen and oxygen atoms in total. The molecule has 0 atom stereocenters. The van der Waals surface area contributed by atoms with Gasteiger partial charge in [-0.15, -0.1) is 11.3 Å². The molecule has 2 heterocycles. The summed E-state index contributed by atoms with van der Waals surface area (Å²) in [5.74, 6) is 0.151. The second-order valence-corrected chi connectivity index (χ2v) is 4.38. The standard InChI is InChI=1S/C12H13N3O2S/c1-2-17-12(16)9-4-3-5-14-11(9)15-8-10-13-6-7-18-10/h3-7H,2,8H2,1H3,(H,14,15). The third-order valence-corrected chi connectivity index (χ3v) is 2.97. The quantitative estimate of drug-likeness (QED) is 0.839. The molecule has 1 N–H and O–H groups in total. The number of thiazole rings is 1. The van der Waals surface area contributed by atoms with Crippen LogP contribution in [0.2, 0.25) is 0 Å². The fourth-order valence-electron chi connectivity index (χ4n) is 1.42. The number of ether oxygens (including phenoxy) is 1. The molecule has 0 saturated heterocycles. The SMILES string of the molecule is CCOC(=O)c1cccnc1NCc1nccs1. The van der Waals surface area contributed by atoms with Crippen molar-refractivity contribution in [3.05, 3.63) is 40.5 Å². The Hall–Kier alpha value is -1.95. The highest BCUT2D eigenvalue weighted by atomic mass is 32.1. The molecule has 0 aliphatic heterocycles. The number of esters is 1. The molecule has 0 aliphatic carbocycles. The monoisotopic (exact) mass is 263 g/mol. The van der Waals surface area contributed by atoms with Crippen molar-refractivity contribution in [2.24, 2.45) is 0 Å². The zero-order valence-corrected chi connectivity index (χ0v) is 10.7. The van der Waals surface area contributed by atoms with Gasteiger partial charge in [0.15, 0.2) is 0 Å². The lowest BCUT2D eigenvalue weighted by Crippen LogP contribution is -2.11. The first-order valence-electron chi connectivity index (χ1n) is 5.55. The largest absolute Gasteiger partial charge is 0.462 e. The molecule has 94 valence electrons. The molecule has 0 saturated carbocycles. The maximum atomic E-state index is 11.7. The highest BCUT2D eigenvalue weighted by Gasteiger charge is 2.12.